The number of imidazole rings is 1. The molecule has 1 heterocycles. The summed E-state index contributed by atoms with van der Waals surface area (Å²) in [7, 11) is 0. The smallest absolute Gasteiger partial charge is 0.246 e. The fourth-order valence-corrected chi connectivity index (χ4v) is 2.34. The molecule has 0 saturated heterocycles. The standard InChI is InChI=1S/C17H23N3O/c1-4-5-8-11-20-15-10-7-6-9-14(15)19-16(20)12-18-17(21)13(2)3/h6-7,9-10H,2,4-5,8,11-12H2,1,3H3,(H,18,21). The van der Waals surface area contributed by atoms with Gasteiger partial charge in [0.15, 0.2) is 0 Å². The summed E-state index contributed by atoms with van der Waals surface area (Å²) in [6, 6.07) is 8.10. The van der Waals surface area contributed by atoms with E-state index in [1.165, 1.54) is 12.8 Å². The van der Waals surface area contributed by atoms with Gasteiger partial charge in [0, 0.05) is 12.1 Å². The Morgan fingerprint density at radius 3 is 2.81 bits per heavy atom. The molecule has 112 valence electrons. The number of amides is 1. The van der Waals surface area contributed by atoms with Crippen molar-refractivity contribution >= 4 is 16.9 Å². The second-order valence-electron chi connectivity index (χ2n) is 5.34. The summed E-state index contributed by atoms with van der Waals surface area (Å²) in [6.07, 6.45) is 3.51. The fraction of sp³-hybridized carbons (Fsp3) is 0.412. The number of para-hydroxylation sites is 2. The number of carbonyl (C=O) groups is 1. The molecule has 0 saturated carbocycles. The van der Waals surface area contributed by atoms with Crippen molar-refractivity contribution in [2.24, 2.45) is 0 Å². The second-order valence-corrected chi connectivity index (χ2v) is 5.34. The molecule has 4 heteroatoms. The number of nitrogens with zero attached hydrogens (tertiary/aromatic N) is 2. The van der Waals surface area contributed by atoms with E-state index in [0.29, 0.717) is 12.1 Å². The molecule has 0 fully saturated rings. The minimum atomic E-state index is -0.123. The summed E-state index contributed by atoms with van der Waals surface area (Å²) in [6.45, 7) is 8.93. The quantitative estimate of drug-likeness (QED) is 0.626. The third-order valence-corrected chi connectivity index (χ3v) is 3.51. The van der Waals surface area contributed by atoms with Crippen molar-refractivity contribution < 1.29 is 4.79 Å². The van der Waals surface area contributed by atoms with Crippen LogP contribution in [0.4, 0.5) is 0 Å². The lowest BCUT2D eigenvalue weighted by atomic mass is 10.2. The molecule has 21 heavy (non-hydrogen) atoms. The van der Waals surface area contributed by atoms with Crippen LogP contribution in [-0.4, -0.2) is 15.5 Å². The van der Waals surface area contributed by atoms with Gasteiger partial charge in [0.2, 0.25) is 5.91 Å². The molecular weight excluding hydrogens is 262 g/mol. The van der Waals surface area contributed by atoms with Crippen molar-refractivity contribution in [3.05, 3.63) is 42.2 Å². The molecule has 2 rings (SSSR count). The number of nitrogens with one attached hydrogen (secondary N) is 1. The first-order valence-electron chi connectivity index (χ1n) is 7.51. The highest BCUT2D eigenvalue weighted by Gasteiger charge is 2.11. The molecule has 0 aliphatic heterocycles. The number of hydrogen-bond acceptors (Lipinski definition) is 2. The van der Waals surface area contributed by atoms with Crippen molar-refractivity contribution in [2.45, 2.75) is 46.2 Å². The van der Waals surface area contributed by atoms with Crippen LogP contribution in [0, 0.1) is 0 Å². The molecule has 0 atom stereocenters. The molecule has 1 aromatic heterocycles. The Hall–Kier alpha value is -2.10. The molecule has 1 amide bonds. The van der Waals surface area contributed by atoms with Crippen LogP contribution in [0.5, 0.6) is 0 Å². The summed E-state index contributed by atoms with van der Waals surface area (Å²) in [5, 5.41) is 2.87. The molecule has 2 aromatic rings. The Balaban J connectivity index is 2.21. The molecule has 1 N–H and O–H groups in total. The Kier molecular flexibility index (Phi) is 5.14. The van der Waals surface area contributed by atoms with E-state index >= 15 is 0 Å². The third-order valence-electron chi connectivity index (χ3n) is 3.51. The van der Waals surface area contributed by atoms with E-state index in [-0.39, 0.29) is 5.91 Å². The number of fused-ring (bicyclic) bond motifs is 1. The summed E-state index contributed by atoms with van der Waals surface area (Å²) in [4.78, 5) is 16.3. The number of rotatable bonds is 7. The zero-order chi connectivity index (χ0) is 15.2. The van der Waals surface area contributed by atoms with Gasteiger partial charge in [0.05, 0.1) is 17.6 Å². The molecular formula is C17H23N3O. The van der Waals surface area contributed by atoms with Crippen LogP contribution in [0.25, 0.3) is 11.0 Å². The third kappa shape index (κ3) is 3.72. The molecule has 4 nitrogen and oxygen atoms in total. The van der Waals surface area contributed by atoms with Gasteiger partial charge in [-0.25, -0.2) is 4.98 Å². The van der Waals surface area contributed by atoms with Gasteiger partial charge in [-0.2, -0.15) is 0 Å². The van der Waals surface area contributed by atoms with Crippen LogP contribution in [0.1, 0.15) is 38.9 Å². The number of hydrogen-bond donors (Lipinski definition) is 1. The molecule has 0 radical (unpaired) electrons. The van der Waals surface area contributed by atoms with Crippen LogP contribution in [-0.2, 0) is 17.9 Å². The topological polar surface area (TPSA) is 46.9 Å². The second kappa shape index (κ2) is 7.07. The zero-order valence-electron chi connectivity index (χ0n) is 12.9. The van der Waals surface area contributed by atoms with Crippen LogP contribution in [0.15, 0.2) is 36.4 Å². The van der Waals surface area contributed by atoms with Gasteiger partial charge < -0.3 is 9.88 Å². The van der Waals surface area contributed by atoms with E-state index in [1.54, 1.807) is 6.92 Å². The molecule has 0 bridgehead atoms. The van der Waals surface area contributed by atoms with Crippen molar-refractivity contribution in [1.82, 2.24) is 14.9 Å². The lowest BCUT2D eigenvalue weighted by Crippen LogP contribution is -2.25. The predicted molar refractivity (Wildman–Crippen MR) is 85.9 cm³/mol. The van der Waals surface area contributed by atoms with E-state index < -0.39 is 0 Å². The highest BCUT2D eigenvalue weighted by molar-refractivity contribution is 5.92. The van der Waals surface area contributed by atoms with Crippen LogP contribution < -0.4 is 5.32 Å². The van der Waals surface area contributed by atoms with Gasteiger partial charge in [0.1, 0.15) is 5.82 Å². The largest absolute Gasteiger partial charge is 0.345 e. The SMILES string of the molecule is C=C(C)C(=O)NCc1nc2ccccc2n1CCCCC. The fourth-order valence-electron chi connectivity index (χ4n) is 2.34. The maximum Gasteiger partial charge on any atom is 0.246 e. The normalized spacial score (nSPS) is 10.8. The summed E-state index contributed by atoms with van der Waals surface area (Å²) in [5.74, 6) is 0.782. The number of carbonyl (C=O) groups excluding carboxylic acids is 1. The number of benzene rings is 1. The molecule has 0 aliphatic carbocycles. The highest BCUT2D eigenvalue weighted by atomic mass is 16.1. The summed E-state index contributed by atoms with van der Waals surface area (Å²) >= 11 is 0. The average molecular weight is 285 g/mol. The molecule has 1 aromatic carbocycles. The van der Waals surface area contributed by atoms with Gasteiger partial charge in [-0.05, 0) is 25.5 Å². The van der Waals surface area contributed by atoms with Gasteiger partial charge in [0.25, 0.3) is 0 Å². The first-order chi connectivity index (χ1) is 10.1. The lowest BCUT2D eigenvalue weighted by Gasteiger charge is -2.10. The van der Waals surface area contributed by atoms with Crippen LogP contribution in [0.2, 0.25) is 0 Å². The molecule has 0 spiro atoms. The number of unbranched alkanes of at least 4 members (excludes halogenated alkanes) is 2. The van der Waals surface area contributed by atoms with Gasteiger partial charge in [-0.3, -0.25) is 4.79 Å². The maximum absolute atomic E-state index is 11.7. The van der Waals surface area contributed by atoms with Gasteiger partial charge >= 0.3 is 0 Å². The first kappa shape index (κ1) is 15.3. The monoisotopic (exact) mass is 285 g/mol. The highest BCUT2D eigenvalue weighted by Crippen LogP contribution is 2.17. The lowest BCUT2D eigenvalue weighted by molar-refractivity contribution is -0.117. The van der Waals surface area contributed by atoms with Gasteiger partial charge in [-0.1, -0.05) is 38.5 Å². The van der Waals surface area contributed by atoms with Crippen molar-refractivity contribution in [1.29, 1.82) is 0 Å². The average Bonchev–Trinajstić information content (AvgIpc) is 2.83. The van der Waals surface area contributed by atoms with Crippen molar-refractivity contribution in [3.8, 4) is 0 Å². The number of aryl methyl sites for hydroxylation is 1. The van der Waals surface area contributed by atoms with Crippen LogP contribution >= 0.6 is 0 Å². The van der Waals surface area contributed by atoms with E-state index in [9.17, 15) is 4.79 Å². The van der Waals surface area contributed by atoms with Crippen LogP contribution in [0.3, 0.4) is 0 Å². The minimum absolute atomic E-state index is 0.123. The summed E-state index contributed by atoms with van der Waals surface area (Å²) in [5.41, 5.74) is 2.63. The van der Waals surface area contributed by atoms with E-state index in [1.807, 2.05) is 18.2 Å². The molecule has 0 aliphatic rings. The minimum Gasteiger partial charge on any atom is -0.345 e. The molecule has 0 unspecified atom stereocenters. The maximum atomic E-state index is 11.7. The summed E-state index contributed by atoms with van der Waals surface area (Å²) < 4.78 is 2.21. The van der Waals surface area contributed by atoms with Crippen molar-refractivity contribution in [2.75, 3.05) is 0 Å². The Morgan fingerprint density at radius 2 is 2.10 bits per heavy atom. The van der Waals surface area contributed by atoms with E-state index in [2.05, 4.69) is 34.4 Å². The van der Waals surface area contributed by atoms with E-state index in [0.717, 1.165) is 29.8 Å². The predicted octanol–water partition coefficient (Wildman–Crippen LogP) is 3.42. The van der Waals surface area contributed by atoms with Crippen molar-refractivity contribution in [3.63, 3.8) is 0 Å². The Labute approximate surface area is 125 Å². The Morgan fingerprint density at radius 1 is 1.33 bits per heavy atom. The zero-order valence-corrected chi connectivity index (χ0v) is 12.9. The van der Waals surface area contributed by atoms with E-state index in [4.69, 9.17) is 0 Å². The first-order valence-corrected chi connectivity index (χ1v) is 7.51. The van der Waals surface area contributed by atoms with Gasteiger partial charge in [-0.15, -0.1) is 0 Å². The number of aromatic nitrogens is 2. The Bertz CT molecular complexity index is 643.